The molecular weight excluding hydrogens is 238 g/mol. The van der Waals surface area contributed by atoms with E-state index in [1.807, 2.05) is 36.4 Å². The van der Waals surface area contributed by atoms with Crippen molar-refractivity contribution in [2.24, 2.45) is 0 Å². The first-order chi connectivity index (χ1) is 9.24. The van der Waals surface area contributed by atoms with E-state index in [2.05, 4.69) is 4.98 Å². The van der Waals surface area contributed by atoms with Crippen molar-refractivity contribution in [2.75, 3.05) is 6.61 Å². The van der Waals surface area contributed by atoms with E-state index in [-0.39, 0.29) is 5.78 Å². The highest BCUT2D eigenvalue weighted by atomic mass is 16.5. The van der Waals surface area contributed by atoms with Crippen LogP contribution in [0.5, 0.6) is 5.75 Å². The van der Waals surface area contributed by atoms with Crippen molar-refractivity contribution < 1.29 is 9.53 Å². The molecule has 0 radical (unpaired) electrons. The van der Waals surface area contributed by atoms with Gasteiger partial charge in [0.25, 0.3) is 0 Å². The van der Waals surface area contributed by atoms with Gasteiger partial charge in [0.05, 0.1) is 6.61 Å². The second-order valence-corrected chi connectivity index (χ2v) is 4.48. The van der Waals surface area contributed by atoms with E-state index in [0.29, 0.717) is 13.0 Å². The molecule has 0 N–H and O–H groups in total. The molecule has 0 bridgehead atoms. The molecule has 1 aromatic heterocycles. The highest BCUT2D eigenvalue weighted by Crippen LogP contribution is 2.13. The van der Waals surface area contributed by atoms with Crippen LogP contribution in [0.25, 0.3) is 0 Å². The van der Waals surface area contributed by atoms with Gasteiger partial charge in [-0.2, -0.15) is 0 Å². The quantitative estimate of drug-likeness (QED) is 0.796. The Morgan fingerprint density at radius 1 is 1.05 bits per heavy atom. The van der Waals surface area contributed by atoms with Crippen LogP contribution in [-0.4, -0.2) is 17.4 Å². The monoisotopic (exact) mass is 255 g/mol. The van der Waals surface area contributed by atoms with Crippen molar-refractivity contribution in [2.45, 2.75) is 19.8 Å². The van der Waals surface area contributed by atoms with E-state index in [4.69, 9.17) is 4.74 Å². The Bertz CT molecular complexity index is 520. The van der Waals surface area contributed by atoms with Crippen molar-refractivity contribution in [3.8, 4) is 5.75 Å². The van der Waals surface area contributed by atoms with Crippen LogP contribution in [-0.2, 0) is 17.6 Å². The van der Waals surface area contributed by atoms with E-state index in [0.717, 1.165) is 17.7 Å². The predicted molar refractivity (Wildman–Crippen MR) is 74.3 cm³/mol. The fourth-order valence-corrected chi connectivity index (χ4v) is 1.83. The maximum absolute atomic E-state index is 11.0. The molecule has 2 rings (SSSR count). The Morgan fingerprint density at radius 3 is 2.37 bits per heavy atom. The molecular formula is C16H17NO2. The van der Waals surface area contributed by atoms with Crippen molar-refractivity contribution in [1.29, 1.82) is 0 Å². The zero-order valence-corrected chi connectivity index (χ0v) is 11.0. The van der Waals surface area contributed by atoms with Crippen molar-refractivity contribution >= 4 is 5.78 Å². The third-order valence-corrected chi connectivity index (χ3v) is 2.79. The number of Topliss-reactive ketones (excluding diaryl/α,β-unsaturated/α-hetero) is 1. The summed E-state index contributed by atoms with van der Waals surface area (Å²) in [5.74, 6) is 1.01. The number of pyridine rings is 1. The average Bonchev–Trinajstić information content (AvgIpc) is 2.41. The van der Waals surface area contributed by atoms with Crippen LogP contribution in [0.15, 0.2) is 48.8 Å². The maximum Gasteiger partial charge on any atom is 0.134 e. The highest BCUT2D eigenvalue weighted by molar-refractivity contribution is 5.78. The van der Waals surface area contributed by atoms with Crippen molar-refractivity contribution in [3.63, 3.8) is 0 Å². The van der Waals surface area contributed by atoms with E-state index >= 15 is 0 Å². The minimum absolute atomic E-state index is 0.173. The Morgan fingerprint density at radius 2 is 1.74 bits per heavy atom. The molecule has 1 heterocycles. The molecule has 2 aromatic rings. The molecule has 0 aliphatic rings. The summed E-state index contributed by atoms with van der Waals surface area (Å²) in [6.45, 7) is 2.23. The highest BCUT2D eigenvalue weighted by Gasteiger charge is 1.99. The van der Waals surface area contributed by atoms with Crippen LogP contribution < -0.4 is 4.74 Å². The number of hydrogen-bond acceptors (Lipinski definition) is 3. The summed E-state index contributed by atoms with van der Waals surface area (Å²) in [4.78, 5) is 15.0. The number of aromatic nitrogens is 1. The van der Waals surface area contributed by atoms with Gasteiger partial charge in [-0.1, -0.05) is 12.1 Å². The van der Waals surface area contributed by atoms with E-state index in [1.165, 1.54) is 5.56 Å². The lowest BCUT2D eigenvalue weighted by molar-refractivity contribution is -0.116. The van der Waals surface area contributed by atoms with Gasteiger partial charge in [-0.3, -0.25) is 9.78 Å². The molecule has 0 saturated heterocycles. The zero-order valence-electron chi connectivity index (χ0n) is 11.0. The molecule has 3 heteroatoms. The normalized spacial score (nSPS) is 10.2. The van der Waals surface area contributed by atoms with Crippen molar-refractivity contribution in [3.05, 3.63) is 59.9 Å². The number of hydrogen-bond donors (Lipinski definition) is 0. The number of carbonyl (C=O) groups is 1. The van der Waals surface area contributed by atoms with Crippen LogP contribution in [0.4, 0.5) is 0 Å². The average molecular weight is 255 g/mol. The molecule has 0 aliphatic carbocycles. The summed E-state index contributed by atoms with van der Waals surface area (Å²) in [5, 5.41) is 0. The molecule has 0 aliphatic heterocycles. The molecule has 98 valence electrons. The summed E-state index contributed by atoms with van der Waals surface area (Å²) >= 11 is 0. The van der Waals surface area contributed by atoms with Gasteiger partial charge in [0.2, 0.25) is 0 Å². The van der Waals surface area contributed by atoms with Crippen LogP contribution in [0, 0.1) is 0 Å². The topological polar surface area (TPSA) is 39.2 Å². The number of benzene rings is 1. The van der Waals surface area contributed by atoms with Gasteiger partial charge >= 0.3 is 0 Å². The summed E-state index contributed by atoms with van der Waals surface area (Å²) in [7, 11) is 0. The SMILES string of the molecule is CC(=O)Cc1ccc(OCCc2ccncc2)cc1. The molecule has 19 heavy (non-hydrogen) atoms. The van der Waals surface area contributed by atoms with Gasteiger partial charge in [0.15, 0.2) is 0 Å². The third-order valence-electron chi connectivity index (χ3n) is 2.79. The second kappa shape index (κ2) is 6.69. The first kappa shape index (κ1) is 13.3. The lowest BCUT2D eigenvalue weighted by atomic mass is 10.1. The van der Waals surface area contributed by atoms with Gasteiger partial charge in [-0.25, -0.2) is 0 Å². The molecule has 0 saturated carbocycles. The molecule has 0 fully saturated rings. The lowest BCUT2D eigenvalue weighted by Crippen LogP contribution is -2.02. The molecule has 0 unspecified atom stereocenters. The van der Waals surface area contributed by atoms with E-state index in [9.17, 15) is 4.79 Å². The Kier molecular flexibility index (Phi) is 4.67. The lowest BCUT2D eigenvalue weighted by Gasteiger charge is -2.07. The molecule has 0 atom stereocenters. The fourth-order valence-electron chi connectivity index (χ4n) is 1.83. The minimum Gasteiger partial charge on any atom is -0.493 e. The van der Waals surface area contributed by atoms with Gasteiger partial charge in [-0.05, 0) is 42.3 Å². The smallest absolute Gasteiger partial charge is 0.134 e. The van der Waals surface area contributed by atoms with Crippen molar-refractivity contribution in [1.82, 2.24) is 4.98 Å². The molecule has 3 nitrogen and oxygen atoms in total. The molecule has 0 spiro atoms. The van der Waals surface area contributed by atoms with Gasteiger partial charge in [-0.15, -0.1) is 0 Å². The number of ether oxygens (including phenoxy) is 1. The van der Waals surface area contributed by atoms with E-state index < -0.39 is 0 Å². The zero-order chi connectivity index (χ0) is 13.5. The number of carbonyl (C=O) groups excluding carboxylic acids is 1. The van der Waals surface area contributed by atoms with Gasteiger partial charge in [0, 0.05) is 25.2 Å². The molecule has 0 amide bonds. The van der Waals surface area contributed by atoms with Crippen LogP contribution in [0.3, 0.4) is 0 Å². The van der Waals surface area contributed by atoms with Crippen LogP contribution in [0.2, 0.25) is 0 Å². The Balaban J connectivity index is 1.81. The van der Waals surface area contributed by atoms with Gasteiger partial charge in [0.1, 0.15) is 11.5 Å². The predicted octanol–water partition coefficient (Wildman–Crippen LogP) is 2.83. The number of ketones is 1. The fraction of sp³-hybridized carbons (Fsp3) is 0.250. The first-order valence-corrected chi connectivity index (χ1v) is 6.34. The second-order valence-electron chi connectivity index (χ2n) is 4.48. The Hall–Kier alpha value is -2.16. The standard InChI is InChI=1S/C16H17NO2/c1-13(18)12-15-2-4-16(5-3-15)19-11-8-14-6-9-17-10-7-14/h2-7,9-10H,8,11-12H2,1H3. The minimum atomic E-state index is 0.173. The number of rotatable bonds is 6. The summed E-state index contributed by atoms with van der Waals surface area (Å²) in [5.41, 5.74) is 2.23. The van der Waals surface area contributed by atoms with Crippen LogP contribution >= 0.6 is 0 Å². The Labute approximate surface area is 113 Å². The third kappa shape index (κ3) is 4.54. The first-order valence-electron chi connectivity index (χ1n) is 6.34. The largest absolute Gasteiger partial charge is 0.493 e. The van der Waals surface area contributed by atoms with Crippen LogP contribution in [0.1, 0.15) is 18.1 Å². The summed E-state index contributed by atoms with van der Waals surface area (Å²) < 4.78 is 5.66. The number of nitrogens with zero attached hydrogens (tertiary/aromatic N) is 1. The molecule has 1 aromatic carbocycles. The van der Waals surface area contributed by atoms with Gasteiger partial charge < -0.3 is 4.74 Å². The summed E-state index contributed by atoms with van der Waals surface area (Å²) in [6, 6.07) is 11.7. The van der Waals surface area contributed by atoms with E-state index in [1.54, 1.807) is 19.3 Å². The summed E-state index contributed by atoms with van der Waals surface area (Å²) in [6.07, 6.45) is 4.91. The maximum atomic E-state index is 11.0.